The molecule has 7 atom stereocenters. The van der Waals surface area contributed by atoms with E-state index in [0.29, 0.717) is 18.6 Å². The first-order valence-electron chi connectivity index (χ1n) is 17.1. The van der Waals surface area contributed by atoms with E-state index in [1.165, 1.54) is 18.7 Å². The maximum absolute atomic E-state index is 13.6. The Balaban J connectivity index is 6.06. The van der Waals surface area contributed by atoms with Crippen LogP contribution in [-0.2, 0) is 38.4 Å². The van der Waals surface area contributed by atoms with E-state index >= 15 is 0 Å². The normalized spacial score (nSPS) is 15.2. The summed E-state index contributed by atoms with van der Waals surface area (Å²) in [6.07, 6.45) is 1.94. The Morgan fingerprint density at radius 1 is 0.615 bits per heavy atom. The maximum Gasteiger partial charge on any atom is 0.326 e. The number of nitrogens with one attached hydrogen (secondary N) is 6. The van der Waals surface area contributed by atoms with Gasteiger partial charge in [0.05, 0.1) is 6.61 Å². The van der Waals surface area contributed by atoms with Crippen molar-refractivity contribution >= 4 is 59.1 Å². The van der Waals surface area contributed by atoms with E-state index in [0.717, 1.165) is 0 Å². The Kier molecular flexibility index (Phi) is 23.1. The highest BCUT2D eigenvalue weighted by atomic mass is 32.2. The standard InChI is InChI=1S/C32H58N8O11S/c1-16(2)24(31(49)40-25(17(3)4)32(50)51)39-30(48)21(10-11-23(42)43)38-29(47)20(9-7-8-13-33)36-26(44)18(5)35-28(46)22(12-14-52-6)37-27(45)19(34)15-41/h16-22,24-25,41H,7-15,33-34H2,1-6H3,(H,35,46)(H,36,44)(H,37,45)(H,38,47)(H,39,48)(H,40,49)(H,42,43)(H,50,51). The molecular weight excluding hydrogens is 704 g/mol. The van der Waals surface area contributed by atoms with Crippen molar-refractivity contribution in [2.45, 2.75) is 115 Å². The van der Waals surface area contributed by atoms with Gasteiger partial charge in [0.2, 0.25) is 35.4 Å². The van der Waals surface area contributed by atoms with Crippen LogP contribution in [0.3, 0.4) is 0 Å². The van der Waals surface area contributed by atoms with Gasteiger partial charge in [-0.1, -0.05) is 27.7 Å². The monoisotopic (exact) mass is 762 g/mol. The molecule has 6 amide bonds. The first-order chi connectivity index (χ1) is 24.3. The van der Waals surface area contributed by atoms with Crippen LogP contribution in [0.1, 0.15) is 73.1 Å². The average Bonchev–Trinajstić information content (AvgIpc) is 3.07. The summed E-state index contributed by atoms with van der Waals surface area (Å²) in [6.45, 7) is 7.38. The minimum absolute atomic E-state index is 0.0525. The number of hydrogen-bond acceptors (Lipinski definition) is 12. The number of aliphatic hydroxyl groups is 1. The highest BCUT2D eigenvalue weighted by Crippen LogP contribution is 2.10. The smallest absolute Gasteiger partial charge is 0.326 e. The zero-order valence-electron chi connectivity index (χ0n) is 30.7. The molecule has 0 saturated carbocycles. The number of carboxylic acids is 2. The summed E-state index contributed by atoms with van der Waals surface area (Å²) >= 11 is 1.41. The summed E-state index contributed by atoms with van der Waals surface area (Å²) in [5.41, 5.74) is 11.2. The molecule has 20 heteroatoms. The lowest BCUT2D eigenvalue weighted by molar-refractivity contribution is -0.144. The van der Waals surface area contributed by atoms with E-state index in [9.17, 15) is 53.7 Å². The van der Waals surface area contributed by atoms with Crippen molar-refractivity contribution in [1.29, 1.82) is 0 Å². The zero-order valence-corrected chi connectivity index (χ0v) is 31.5. The van der Waals surface area contributed by atoms with Crippen LogP contribution in [0.2, 0.25) is 0 Å². The van der Waals surface area contributed by atoms with E-state index in [4.69, 9.17) is 11.5 Å². The van der Waals surface area contributed by atoms with Crippen molar-refractivity contribution in [3.8, 4) is 0 Å². The second kappa shape index (κ2) is 25.0. The van der Waals surface area contributed by atoms with Gasteiger partial charge < -0.3 is 58.7 Å². The van der Waals surface area contributed by atoms with Crippen LogP contribution >= 0.6 is 11.8 Å². The topological polar surface area (TPSA) is 321 Å². The van der Waals surface area contributed by atoms with Gasteiger partial charge in [-0.05, 0) is 69.4 Å². The van der Waals surface area contributed by atoms with E-state index in [1.54, 1.807) is 34.0 Å². The Morgan fingerprint density at radius 2 is 1.10 bits per heavy atom. The Bertz CT molecular complexity index is 1220. The minimum Gasteiger partial charge on any atom is -0.481 e. The largest absolute Gasteiger partial charge is 0.481 e. The minimum atomic E-state index is -1.48. The van der Waals surface area contributed by atoms with Gasteiger partial charge in [0.25, 0.3) is 0 Å². The molecule has 0 aromatic rings. The molecule has 0 aliphatic heterocycles. The number of thioether (sulfide) groups is 1. The van der Waals surface area contributed by atoms with Gasteiger partial charge in [0.15, 0.2) is 0 Å². The molecule has 0 aliphatic rings. The Morgan fingerprint density at radius 3 is 1.60 bits per heavy atom. The fraction of sp³-hybridized carbons (Fsp3) is 0.750. The van der Waals surface area contributed by atoms with Gasteiger partial charge >= 0.3 is 11.9 Å². The third-order valence-electron chi connectivity index (χ3n) is 7.87. The Hall–Kier alpha value is -4.01. The third kappa shape index (κ3) is 18.0. The first-order valence-corrected chi connectivity index (χ1v) is 18.5. The van der Waals surface area contributed by atoms with E-state index in [-0.39, 0.29) is 25.8 Å². The SMILES string of the molecule is CSCCC(NC(=O)C(N)CO)C(=O)NC(C)C(=O)NC(CCCCN)C(=O)NC(CCC(=O)O)C(=O)NC(C(=O)NC(C(=O)O)C(C)C)C(C)C. The number of unbranched alkanes of at least 4 members (excludes halogenated alkanes) is 1. The number of amides is 6. The summed E-state index contributed by atoms with van der Waals surface area (Å²) in [6, 6.07) is -8.79. The molecular formula is C32H58N8O11S. The molecule has 0 aromatic carbocycles. The summed E-state index contributed by atoms with van der Waals surface area (Å²) in [5.74, 6) is -7.91. The maximum atomic E-state index is 13.6. The number of hydrogen-bond donors (Lipinski definition) is 11. The van der Waals surface area contributed by atoms with E-state index in [2.05, 4.69) is 31.9 Å². The lowest BCUT2D eigenvalue weighted by atomic mass is 9.99. The van der Waals surface area contributed by atoms with Crippen molar-refractivity contribution in [3.05, 3.63) is 0 Å². The Labute approximate surface area is 308 Å². The second-order valence-corrected chi connectivity index (χ2v) is 14.0. The molecule has 0 aromatic heterocycles. The average molecular weight is 763 g/mol. The number of carbonyl (C=O) groups is 8. The van der Waals surface area contributed by atoms with Gasteiger partial charge in [-0.2, -0.15) is 11.8 Å². The first kappa shape index (κ1) is 48.0. The van der Waals surface area contributed by atoms with Crippen molar-refractivity contribution in [1.82, 2.24) is 31.9 Å². The summed E-state index contributed by atoms with van der Waals surface area (Å²) < 4.78 is 0. The molecule has 298 valence electrons. The number of aliphatic carboxylic acids is 2. The molecule has 0 rings (SSSR count). The van der Waals surface area contributed by atoms with Gasteiger partial charge in [-0.3, -0.25) is 33.6 Å². The number of aliphatic hydroxyl groups excluding tert-OH is 1. The summed E-state index contributed by atoms with van der Waals surface area (Å²) in [7, 11) is 0. The molecule has 13 N–H and O–H groups in total. The van der Waals surface area contributed by atoms with Crippen LogP contribution in [0.5, 0.6) is 0 Å². The van der Waals surface area contributed by atoms with Gasteiger partial charge in [0.1, 0.15) is 42.3 Å². The van der Waals surface area contributed by atoms with Gasteiger partial charge in [-0.15, -0.1) is 0 Å². The molecule has 7 unspecified atom stereocenters. The zero-order chi connectivity index (χ0) is 40.1. The number of carbonyl (C=O) groups excluding carboxylic acids is 6. The van der Waals surface area contributed by atoms with Crippen LogP contribution in [0.15, 0.2) is 0 Å². The fourth-order valence-electron chi connectivity index (χ4n) is 4.66. The molecule has 0 saturated heterocycles. The van der Waals surface area contributed by atoms with Crippen molar-refractivity contribution in [3.63, 3.8) is 0 Å². The van der Waals surface area contributed by atoms with Crippen LogP contribution in [0, 0.1) is 11.8 Å². The number of nitrogens with two attached hydrogens (primary N) is 2. The third-order valence-corrected chi connectivity index (χ3v) is 8.51. The molecule has 0 heterocycles. The van der Waals surface area contributed by atoms with E-state index < -0.39 is 115 Å². The van der Waals surface area contributed by atoms with E-state index in [1.807, 2.05) is 0 Å². The van der Waals surface area contributed by atoms with Crippen molar-refractivity contribution in [2.24, 2.45) is 23.3 Å². The van der Waals surface area contributed by atoms with Gasteiger partial charge in [-0.25, -0.2) is 4.79 Å². The highest BCUT2D eigenvalue weighted by molar-refractivity contribution is 7.98. The predicted octanol–water partition coefficient (Wildman–Crippen LogP) is -2.62. The molecule has 0 spiro atoms. The van der Waals surface area contributed by atoms with Crippen LogP contribution in [-0.4, -0.2) is 130 Å². The molecule has 0 radical (unpaired) electrons. The lowest BCUT2D eigenvalue weighted by Crippen LogP contribution is -2.60. The second-order valence-electron chi connectivity index (χ2n) is 13.0. The number of rotatable bonds is 26. The quantitative estimate of drug-likeness (QED) is 0.0402. The number of carboxylic acid groups (broad SMARTS) is 2. The summed E-state index contributed by atoms with van der Waals surface area (Å²) in [5, 5.41) is 42.8. The molecule has 0 fully saturated rings. The fourth-order valence-corrected chi connectivity index (χ4v) is 5.13. The molecule has 0 aliphatic carbocycles. The highest BCUT2D eigenvalue weighted by Gasteiger charge is 2.34. The molecule has 52 heavy (non-hydrogen) atoms. The van der Waals surface area contributed by atoms with Crippen molar-refractivity contribution < 1.29 is 53.7 Å². The molecule has 19 nitrogen and oxygen atoms in total. The van der Waals surface area contributed by atoms with Gasteiger partial charge in [0, 0.05) is 6.42 Å². The lowest BCUT2D eigenvalue weighted by Gasteiger charge is -2.28. The van der Waals surface area contributed by atoms with Crippen molar-refractivity contribution in [2.75, 3.05) is 25.2 Å². The van der Waals surface area contributed by atoms with Crippen LogP contribution in [0.25, 0.3) is 0 Å². The van der Waals surface area contributed by atoms with Crippen LogP contribution < -0.4 is 43.4 Å². The summed E-state index contributed by atoms with van der Waals surface area (Å²) in [4.78, 5) is 102. The van der Waals surface area contributed by atoms with Crippen LogP contribution in [0.4, 0.5) is 0 Å². The predicted molar refractivity (Wildman–Crippen MR) is 192 cm³/mol. The molecule has 0 bridgehead atoms.